The molecule has 2 rings (SSSR count). The second-order valence-corrected chi connectivity index (χ2v) is 5.97. The molecule has 1 N–H and O–H groups in total. The van der Waals surface area contributed by atoms with E-state index in [1.807, 2.05) is 19.9 Å². The molecule has 2 aromatic rings. The molecule has 0 heterocycles. The van der Waals surface area contributed by atoms with Gasteiger partial charge in [0.2, 0.25) is 5.78 Å². The third-order valence-electron chi connectivity index (χ3n) is 4.14. The molecule has 0 spiro atoms. The summed E-state index contributed by atoms with van der Waals surface area (Å²) in [7, 11) is 4.19. The fraction of sp³-hybridized carbons (Fsp3) is 0.300. The minimum atomic E-state index is -1.27. The van der Waals surface area contributed by atoms with Gasteiger partial charge < -0.3 is 19.3 Å². The first-order chi connectivity index (χ1) is 12.3. The van der Waals surface area contributed by atoms with Crippen molar-refractivity contribution in [3.05, 3.63) is 52.6 Å². The van der Waals surface area contributed by atoms with Crippen LogP contribution in [0.25, 0.3) is 0 Å². The highest BCUT2D eigenvalue weighted by Crippen LogP contribution is 2.35. The van der Waals surface area contributed by atoms with E-state index in [9.17, 15) is 14.7 Å². The van der Waals surface area contributed by atoms with Crippen molar-refractivity contribution in [2.75, 3.05) is 21.3 Å². The number of benzene rings is 2. The maximum atomic E-state index is 13.3. The lowest BCUT2D eigenvalue weighted by Gasteiger charge is -2.16. The normalized spacial score (nSPS) is 10.5. The summed E-state index contributed by atoms with van der Waals surface area (Å²) in [6.45, 7) is 4.01. The van der Waals surface area contributed by atoms with E-state index in [0.717, 1.165) is 5.56 Å². The Morgan fingerprint density at radius 3 is 1.81 bits per heavy atom. The van der Waals surface area contributed by atoms with Crippen molar-refractivity contribution in [1.82, 2.24) is 0 Å². The van der Waals surface area contributed by atoms with E-state index in [1.165, 1.54) is 33.5 Å². The van der Waals surface area contributed by atoms with Gasteiger partial charge in [-0.25, -0.2) is 4.79 Å². The number of carbonyl (C=O) groups excluding carboxylic acids is 1. The van der Waals surface area contributed by atoms with Crippen LogP contribution >= 0.6 is 0 Å². The Kier molecular flexibility index (Phi) is 5.87. The van der Waals surface area contributed by atoms with E-state index < -0.39 is 11.8 Å². The monoisotopic (exact) mass is 358 g/mol. The quantitative estimate of drug-likeness (QED) is 0.759. The molecule has 138 valence electrons. The second-order valence-electron chi connectivity index (χ2n) is 5.97. The topological polar surface area (TPSA) is 82.1 Å². The van der Waals surface area contributed by atoms with Crippen molar-refractivity contribution < 1.29 is 28.9 Å². The number of hydrogen-bond donors (Lipinski definition) is 1. The van der Waals surface area contributed by atoms with Crippen molar-refractivity contribution >= 4 is 11.8 Å². The standard InChI is InChI=1S/C20H22O6/c1-11(2)12-6-7-14(24-3)13(10-12)19(21)17-15(25-4)8-9-16(26-5)18(17)20(22)23/h6-11H,1-5H3,(H,22,23). The Balaban J connectivity index is 2.78. The van der Waals surface area contributed by atoms with Gasteiger partial charge in [-0.1, -0.05) is 19.9 Å². The Hall–Kier alpha value is -3.02. The van der Waals surface area contributed by atoms with Crippen LogP contribution in [0.2, 0.25) is 0 Å². The molecule has 0 atom stereocenters. The predicted molar refractivity (Wildman–Crippen MR) is 97.0 cm³/mol. The number of carboxylic acid groups (broad SMARTS) is 1. The van der Waals surface area contributed by atoms with Crippen LogP contribution in [-0.4, -0.2) is 38.2 Å². The van der Waals surface area contributed by atoms with Gasteiger partial charge in [-0.05, 0) is 35.7 Å². The number of carboxylic acids is 1. The number of hydrogen-bond acceptors (Lipinski definition) is 5. The summed E-state index contributed by atoms with van der Waals surface area (Å²) >= 11 is 0. The molecule has 2 aromatic carbocycles. The molecule has 0 bridgehead atoms. The van der Waals surface area contributed by atoms with Gasteiger partial charge in [0.1, 0.15) is 22.8 Å². The van der Waals surface area contributed by atoms with Gasteiger partial charge >= 0.3 is 5.97 Å². The number of ketones is 1. The third kappa shape index (κ3) is 3.49. The van der Waals surface area contributed by atoms with Crippen LogP contribution in [0, 0.1) is 0 Å². The average molecular weight is 358 g/mol. The zero-order valence-electron chi connectivity index (χ0n) is 15.5. The molecule has 0 aliphatic carbocycles. The molecule has 0 amide bonds. The minimum Gasteiger partial charge on any atom is -0.496 e. The van der Waals surface area contributed by atoms with Crippen LogP contribution in [0.3, 0.4) is 0 Å². The van der Waals surface area contributed by atoms with Crippen LogP contribution in [0.1, 0.15) is 51.6 Å². The first-order valence-corrected chi connectivity index (χ1v) is 8.06. The molecule has 6 heteroatoms. The van der Waals surface area contributed by atoms with Gasteiger partial charge in [-0.15, -0.1) is 0 Å². The van der Waals surface area contributed by atoms with Crippen LogP contribution in [0.4, 0.5) is 0 Å². The fourth-order valence-electron chi connectivity index (χ4n) is 2.74. The Morgan fingerprint density at radius 2 is 1.35 bits per heavy atom. The fourth-order valence-corrected chi connectivity index (χ4v) is 2.74. The summed E-state index contributed by atoms with van der Waals surface area (Å²) in [5.41, 5.74) is 0.896. The smallest absolute Gasteiger partial charge is 0.340 e. The summed E-state index contributed by atoms with van der Waals surface area (Å²) in [5, 5.41) is 9.64. The number of ether oxygens (including phenoxy) is 3. The number of methoxy groups -OCH3 is 3. The SMILES string of the molecule is COc1ccc(C(C)C)cc1C(=O)c1c(OC)ccc(OC)c1C(=O)O. The Bertz CT molecular complexity index is 838. The lowest BCUT2D eigenvalue weighted by molar-refractivity contribution is 0.0688. The zero-order chi connectivity index (χ0) is 19.4. The zero-order valence-corrected chi connectivity index (χ0v) is 15.5. The molecule has 0 radical (unpaired) electrons. The van der Waals surface area contributed by atoms with E-state index in [1.54, 1.807) is 12.1 Å². The molecule has 0 saturated carbocycles. The number of rotatable bonds is 7. The first-order valence-electron chi connectivity index (χ1n) is 8.06. The molecule has 0 aromatic heterocycles. The Morgan fingerprint density at radius 1 is 0.846 bits per heavy atom. The third-order valence-corrected chi connectivity index (χ3v) is 4.14. The molecule has 6 nitrogen and oxygen atoms in total. The second kappa shape index (κ2) is 7.91. The highest BCUT2D eigenvalue weighted by atomic mass is 16.5. The van der Waals surface area contributed by atoms with E-state index in [4.69, 9.17) is 14.2 Å². The van der Waals surface area contributed by atoms with E-state index in [-0.39, 0.29) is 34.1 Å². The highest BCUT2D eigenvalue weighted by molar-refractivity contribution is 6.18. The van der Waals surface area contributed by atoms with Crippen LogP contribution in [-0.2, 0) is 0 Å². The molecule has 0 aliphatic heterocycles. The molecule has 0 unspecified atom stereocenters. The lowest BCUT2D eigenvalue weighted by Crippen LogP contribution is -2.14. The predicted octanol–water partition coefficient (Wildman–Crippen LogP) is 3.77. The van der Waals surface area contributed by atoms with Gasteiger partial charge in [0.15, 0.2) is 0 Å². The number of carbonyl (C=O) groups is 2. The van der Waals surface area contributed by atoms with E-state index >= 15 is 0 Å². The summed E-state index contributed by atoms with van der Waals surface area (Å²) in [6, 6.07) is 8.27. The highest BCUT2D eigenvalue weighted by Gasteiger charge is 2.28. The molecular weight excluding hydrogens is 336 g/mol. The van der Waals surface area contributed by atoms with Crippen molar-refractivity contribution in [2.45, 2.75) is 19.8 Å². The minimum absolute atomic E-state index is 0.0708. The van der Waals surface area contributed by atoms with Gasteiger partial charge in [-0.2, -0.15) is 0 Å². The van der Waals surface area contributed by atoms with Crippen LogP contribution in [0.5, 0.6) is 17.2 Å². The van der Waals surface area contributed by atoms with Gasteiger partial charge in [0.05, 0.1) is 32.5 Å². The maximum Gasteiger partial charge on any atom is 0.340 e. The maximum absolute atomic E-state index is 13.3. The Labute approximate surface area is 152 Å². The molecule has 26 heavy (non-hydrogen) atoms. The lowest BCUT2D eigenvalue weighted by atomic mass is 9.92. The molecule has 0 aliphatic rings. The summed E-state index contributed by atoms with van der Waals surface area (Å²) in [6.07, 6.45) is 0. The molecule has 0 saturated heterocycles. The first kappa shape index (κ1) is 19.3. The van der Waals surface area contributed by atoms with Crippen molar-refractivity contribution in [1.29, 1.82) is 0 Å². The van der Waals surface area contributed by atoms with Gasteiger partial charge in [-0.3, -0.25) is 4.79 Å². The number of aromatic carboxylic acids is 1. The van der Waals surface area contributed by atoms with Crippen LogP contribution < -0.4 is 14.2 Å². The summed E-state index contributed by atoms with van der Waals surface area (Å²) in [4.78, 5) is 25.1. The van der Waals surface area contributed by atoms with Gasteiger partial charge in [0.25, 0.3) is 0 Å². The van der Waals surface area contributed by atoms with E-state index in [2.05, 4.69) is 0 Å². The van der Waals surface area contributed by atoms with Crippen LogP contribution in [0.15, 0.2) is 30.3 Å². The van der Waals surface area contributed by atoms with Gasteiger partial charge in [0, 0.05) is 0 Å². The van der Waals surface area contributed by atoms with E-state index in [0.29, 0.717) is 5.75 Å². The van der Waals surface area contributed by atoms with Crippen molar-refractivity contribution in [3.8, 4) is 17.2 Å². The largest absolute Gasteiger partial charge is 0.496 e. The average Bonchev–Trinajstić information content (AvgIpc) is 2.65. The molecule has 0 fully saturated rings. The summed E-state index contributed by atoms with van der Waals surface area (Å²) < 4.78 is 15.7. The van der Waals surface area contributed by atoms with Crippen molar-refractivity contribution in [3.63, 3.8) is 0 Å². The summed E-state index contributed by atoms with van der Waals surface area (Å²) in [5.74, 6) is -0.981. The van der Waals surface area contributed by atoms with Crippen molar-refractivity contribution in [2.24, 2.45) is 0 Å². The molecular formula is C20H22O6.